The average Bonchev–Trinajstić information content (AvgIpc) is 3.37. The van der Waals surface area contributed by atoms with E-state index in [-0.39, 0.29) is 11.5 Å². The van der Waals surface area contributed by atoms with E-state index >= 15 is 0 Å². The lowest BCUT2D eigenvalue weighted by Gasteiger charge is -2.10. The first kappa shape index (κ1) is 18.2. The van der Waals surface area contributed by atoms with E-state index in [2.05, 4.69) is 20.4 Å². The maximum Gasteiger partial charge on any atom is 0.260 e. The Kier molecular flexibility index (Phi) is 4.70. The molecule has 0 saturated carbocycles. The minimum atomic E-state index is -0.399. The van der Waals surface area contributed by atoms with E-state index in [1.807, 2.05) is 0 Å². The van der Waals surface area contributed by atoms with Gasteiger partial charge in [-0.1, -0.05) is 12.1 Å². The van der Waals surface area contributed by atoms with Gasteiger partial charge in [-0.05, 0) is 31.2 Å². The van der Waals surface area contributed by atoms with Gasteiger partial charge in [-0.15, -0.1) is 0 Å². The van der Waals surface area contributed by atoms with Crippen LogP contribution in [0.4, 0.5) is 5.82 Å². The number of furan rings is 1. The number of nitrogens with one attached hydrogen (secondary N) is 2. The average molecular weight is 391 g/mol. The molecule has 0 bridgehead atoms. The van der Waals surface area contributed by atoms with Gasteiger partial charge in [0.1, 0.15) is 17.3 Å². The van der Waals surface area contributed by atoms with Crippen molar-refractivity contribution in [3.8, 4) is 23.2 Å². The largest absolute Gasteiger partial charge is 0.496 e. The van der Waals surface area contributed by atoms with Crippen molar-refractivity contribution in [2.24, 2.45) is 0 Å². The van der Waals surface area contributed by atoms with Crippen LogP contribution in [0.3, 0.4) is 0 Å². The van der Waals surface area contributed by atoms with Gasteiger partial charge in [0.15, 0.2) is 5.76 Å². The zero-order valence-corrected chi connectivity index (χ0v) is 15.7. The van der Waals surface area contributed by atoms with Gasteiger partial charge >= 0.3 is 0 Å². The second-order valence-electron chi connectivity index (χ2n) is 6.17. The Morgan fingerprint density at radius 3 is 2.76 bits per heavy atom. The number of anilines is 1. The van der Waals surface area contributed by atoms with Crippen molar-refractivity contribution in [3.63, 3.8) is 0 Å². The maximum absolute atomic E-state index is 12.9. The second-order valence-corrected chi connectivity index (χ2v) is 6.17. The topological polar surface area (TPSA) is 115 Å². The summed E-state index contributed by atoms with van der Waals surface area (Å²) in [5.74, 6) is 1.02. The van der Waals surface area contributed by atoms with E-state index in [0.717, 1.165) is 0 Å². The monoisotopic (exact) mass is 391 g/mol. The molecule has 0 saturated heterocycles. The first-order chi connectivity index (χ1) is 14.0. The van der Waals surface area contributed by atoms with Crippen LogP contribution < -0.4 is 15.6 Å². The Hall–Kier alpha value is -4.14. The van der Waals surface area contributed by atoms with Gasteiger partial charge < -0.3 is 14.5 Å². The predicted octanol–water partition coefficient (Wildman–Crippen LogP) is 2.78. The SMILES string of the molecule is COc1ccccc1C(=O)Nc1cc(-c2ccco2)nn1-c1nc(C)cc(=O)[nH]1. The lowest BCUT2D eigenvalue weighted by atomic mass is 10.2. The van der Waals surface area contributed by atoms with E-state index in [4.69, 9.17) is 9.15 Å². The number of benzene rings is 1. The number of hydrogen-bond donors (Lipinski definition) is 2. The molecular weight excluding hydrogens is 374 g/mol. The van der Waals surface area contributed by atoms with Crippen molar-refractivity contribution in [1.82, 2.24) is 19.7 Å². The fourth-order valence-electron chi connectivity index (χ4n) is 2.86. The van der Waals surface area contributed by atoms with Crippen LogP contribution in [-0.2, 0) is 0 Å². The zero-order valence-electron chi connectivity index (χ0n) is 15.7. The highest BCUT2D eigenvalue weighted by molar-refractivity contribution is 6.06. The van der Waals surface area contributed by atoms with Crippen molar-refractivity contribution >= 4 is 11.7 Å². The summed E-state index contributed by atoms with van der Waals surface area (Å²) in [6.07, 6.45) is 1.52. The molecule has 0 radical (unpaired) electrons. The number of carbonyl (C=O) groups is 1. The molecule has 9 heteroatoms. The molecule has 0 aliphatic carbocycles. The predicted molar refractivity (Wildman–Crippen MR) is 105 cm³/mol. The lowest BCUT2D eigenvalue weighted by molar-refractivity contribution is 0.102. The molecule has 0 fully saturated rings. The number of rotatable bonds is 5. The molecule has 1 amide bonds. The summed E-state index contributed by atoms with van der Waals surface area (Å²) >= 11 is 0. The number of nitrogens with zero attached hydrogens (tertiary/aromatic N) is 3. The molecule has 0 spiro atoms. The molecule has 4 aromatic rings. The smallest absolute Gasteiger partial charge is 0.260 e. The van der Waals surface area contributed by atoms with Gasteiger partial charge in [0, 0.05) is 17.8 Å². The molecule has 0 aliphatic heterocycles. The Labute approximate surface area is 165 Å². The number of methoxy groups -OCH3 is 1. The molecule has 0 unspecified atom stereocenters. The number of ether oxygens (including phenoxy) is 1. The number of carbonyl (C=O) groups excluding carboxylic acids is 1. The van der Waals surface area contributed by atoms with Gasteiger partial charge in [-0.3, -0.25) is 14.6 Å². The number of aromatic nitrogens is 4. The van der Waals surface area contributed by atoms with E-state index < -0.39 is 5.91 Å². The van der Waals surface area contributed by atoms with Gasteiger partial charge in [0.05, 0.1) is 18.9 Å². The van der Waals surface area contributed by atoms with Crippen molar-refractivity contribution in [2.75, 3.05) is 12.4 Å². The summed E-state index contributed by atoms with van der Waals surface area (Å²) in [6, 6.07) is 13.3. The molecule has 1 aromatic carbocycles. The number of amides is 1. The minimum absolute atomic E-state index is 0.170. The molecule has 0 aliphatic rings. The molecule has 3 aromatic heterocycles. The van der Waals surface area contributed by atoms with E-state index in [1.165, 1.54) is 24.1 Å². The molecule has 0 atom stereocenters. The highest BCUT2D eigenvalue weighted by atomic mass is 16.5. The molecular formula is C20H17N5O4. The van der Waals surface area contributed by atoms with Crippen LogP contribution in [0.5, 0.6) is 5.75 Å². The Balaban J connectivity index is 1.79. The van der Waals surface area contributed by atoms with Crippen LogP contribution >= 0.6 is 0 Å². The molecule has 9 nitrogen and oxygen atoms in total. The van der Waals surface area contributed by atoms with Crippen LogP contribution in [0.15, 0.2) is 64.0 Å². The summed E-state index contributed by atoms with van der Waals surface area (Å²) in [5, 5.41) is 7.24. The molecule has 3 heterocycles. The molecule has 29 heavy (non-hydrogen) atoms. The summed E-state index contributed by atoms with van der Waals surface area (Å²) in [7, 11) is 1.49. The van der Waals surface area contributed by atoms with Crippen molar-refractivity contribution in [3.05, 3.63) is 76.4 Å². The number of para-hydroxylation sites is 1. The van der Waals surface area contributed by atoms with Crippen molar-refractivity contribution < 1.29 is 13.9 Å². The first-order valence-corrected chi connectivity index (χ1v) is 8.72. The normalized spacial score (nSPS) is 10.7. The highest BCUT2D eigenvalue weighted by Crippen LogP contribution is 2.25. The summed E-state index contributed by atoms with van der Waals surface area (Å²) in [5.41, 5.74) is 1.01. The van der Waals surface area contributed by atoms with Crippen LogP contribution in [0.1, 0.15) is 16.1 Å². The van der Waals surface area contributed by atoms with Gasteiger partial charge in [0.25, 0.3) is 11.5 Å². The third-order valence-corrected chi connectivity index (χ3v) is 4.13. The Morgan fingerprint density at radius 1 is 1.21 bits per heavy atom. The van der Waals surface area contributed by atoms with Crippen LogP contribution in [0.2, 0.25) is 0 Å². The van der Waals surface area contributed by atoms with Crippen molar-refractivity contribution in [2.45, 2.75) is 6.92 Å². The number of H-pyrrole nitrogens is 1. The zero-order chi connectivity index (χ0) is 20.4. The fraction of sp³-hybridized carbons (Fsp3) is 0.100. The van der Waals surface area contributed by atoms with Gasteiger partial charge in [0.2, 0.25) is 5.95 Å². The standard InChI is InChI=1S/C20H17N5O4/c1-12-10-18(26)23-20(21-12)25-17(11-14(24-25)16-8-5-9-29-16)22-19(27)13-6-3-4-7-15(13)28-2/h3-11H,1-2H3,(H,22,27)(H,21,23,26). The number of aromatic amines is 1. The van der Waals surface area contributed by atoms with Crippen LogP contribution in [-0.4, -0.2) is 32.8 Å². The molecule has 146 valence electrons. The number of aryl methyl sites for hydroxylation is 1. The van der Waals surface area contributed by atoms with Gasteiger partial charge in [-0.25, -0.2) is 4.98 Å². The first-order valence-electron chi connectivity index (χ1n) is 8.72. The molecule has 4 rings (SSSR count). The summed E-state index contributed by atoms with van der Waals surface area (Å²) in [4.78, 5) is 31.7. The van der Waals surface area contributed by atoms with Crippen LogP contribution in [0, 0.1) is 6.92 Å². The maximum atomic E-state index is 12.9. The highest BCUT2D eigenvalue weighted by Gasteiger charge is 2.19. The molecule has 2 N–H and O–H groups in total. The van der Waals surface area contributed by atoms with E-state index in [0.29, 0.717) is 34.3 Å². The lowest BCUT2D eigenvalue weighted by Crippen LogP contribution is -2.19. The third-order valence-electron chi connectivity index (χ3n) is 4.13. The quantitative estimate of drug-likeness (QED) is 0.541. The third kappa shape index (κ3) is 3.65. The Bertz CT molecular complexity index is 1220. The Morgan fingerprint density at radius 2 is 2.03 bits per heavy atom. The number of hydrogen-bond acceptors (Lipinski definition) is 6. The summed E-state index contributed by atoms with van der Waals surface area (Å²) in [6.45, 7) is 1.70. The second kappa shape index (κ2) is 7.47. The van der Waals surface area contributed by atoms with Crippen molar-refractivity contribution in [1.29, 1.82) is 0 Å². The minimum Gasteiger partial charge on any atom is -0.496 e. The van der Waals surface area contributed by atoms with Gasteiger partial charge in [-0.2, -0.15) is 9.78 Å². The van der Waals surface area contributed by atoms with E-state index in [9.17, 15) is 9.59 Å². The fourth-order valence-corrected chi connectivity index (χ4v) is 2.86. The van der Waals surface area contributed by atoms with Crippen LogP contribution in [0.25, 0.3) is 17.4 Å². The summed E-state index contributed by atoms with van der Waals surface area (Å²) < 4.78 is 12.0. The van der Waals surface area contributed by atoms with E-state index in [1.54, 1.807) is 49.4 Å².